The van der Waals surface area contributed by atoms with Crippen LogP contribution in [0.5, 0.6) is 0 Å². The minimum atomic E-state index is -0.0803. The predicted octanol–water partition coefficient (Wildman–Crippen LogP) is 4.06. The van der Waals surface area contributed by atoms with Gasteiger partial charge >= 0.3 is 0 Å². The summed E-state index contributed by atoms with van der Waals surface area (Å²) < 4.78 is 0. The second-order valence-electron chi connectivity index (χ2n) is 5.64. The molecule has 2 unspecified atom stereocenters. The molecule has 1 aliphatic rings. The first-order valence-electron chi connectivity index (χ1n) is 6.95. The highest BCUT2D eigenvalue weighted by atomic mass is 14.8. The zero-order valence-corrected chi connectivity index (χ0v) is 11.4. The maximum Gasteiger partial charge on any atom is 0.0440 e. The lowest BCUT2D eigenvalue weighted by molar-refractivity contribution is 0.183. The van der Waals surface area contributed by atoms with Crippen LogP contribution in [0.4, 0.5) is 0 Å². The number of benzene rings is 1. The molecule has 0 heterocycles. The van der Waals surface area contributed by atoms with Crippen LogP contribution in [-0.2, 0) is 5.54 Å². The van der Waals surface area contributed by atoms with Gasteiger partial charge in [0.15, 0.2) is 0 Å². The fourth-order valence-corrected chi connectivity index (χ4v) is 3.45. The first-order chi connectivity index (χ1) is 8.09. The van der Waals surface area contributed by atoms with Crippen molar-refractivity contribution >= 4 is 0 Å². The summed E-state index contributed by atoms with van der Waals surface area (Å²) in [5, 5.41) is 0. The van der Waals surface area contributed by atoms with Crippen LogP contribution >= 0.6 is 0 Å². The molecule has 1 aromatic rings. The first-order valence-corrected chi connectivity index (χ1v) is 6.95. The van der Waals surface area contributed by atoms with Gasteiger partial charge in [0.1, 0.15) is 0 Å². The smallest absolute Gasteiger partial charge is 0.0440 e. The number of hydrogen-bond acceptors (Lipinski definition) is 1. The largest absolute Gasteiger partial charge is 0.321 e. The van der Waals surface area contributed by atoms with Gasteiger partial charge in [-0.3, -0.25) is 0 Å². The number of aryl methyl sites for hydroxylation is 1. The standard InChI is InChI=1S/C16H25N/c1-4-14-9-5-6-11-16(14,17)15-10-7-8-12(2)13(15)3/h7-8,10,14H,4-6,9,11,17H2,1-3H3. The summed E-state index contributed by atoms with van der Waals surface area (Å²) in [5.41, 5.74) is 10.9. The Bertz CT molecular complexity index is 397. The van der Waals surface area contributed by atoms with Crippen molar-refractivity contribution in [1.82, 2.24) is 0 Å². The quantitative estimate of drug-likeness (QED) is 0.816. The summed E-state index contributed by atoms with van der Waals surface area (Å²) >= 11 is 0. The van der Waals surface area contributed by atoms with Gasteiger partial charge in [0, 0.05) is 5.54 Å². The molecule has 2 atom stereocenters. The van der Waals surface area contributed by atoms with Crippen LogP contribution in [0.1, 0.15) is 55.7 Å². The highest BCUT2D eigenvalue weighted by Gasteiger charge is 2.38. The van der Waals surface area contributed by atoms with Crippen molar-refractivity contribution in [3.63, 3.8) is 0 Å². The van der Waals surface area contributed by atoms with Gasteiger partial charge in [0.25, 0.3) is 0 Å². The Morgan fingerprint density at radius 3 is 2.76 bits per heavy atom. The Morgan fingerprint density at radius 2 is 2.06 bits per heavy atom. The maximum atomic E-state index is 6.80. The lowest BCUT2D eigenvalue weighted by Gasteiger charge is -2.42. The fraction of sp³-hybridized carbons (Fsp3) is 0.625. The van der Waals surface area contributed by atoms with Crippen LogP contribution in [0, 0.1) is 19.8 Å². The highest BCUT2D eigenvalue weighted by Crippen LogP contribution is 2.42. The molecule has 1 aliphatic carbocycles. The Morgan fingerprint density at radius 1 is 1.29 bits per heavy atom. The lowest BCUT2D eigenvalue weighted by atomic mass is 9.67. The van der Waals surface area contributed by atoms with E-state index in [-0.39, 0.29) is 5.54 Å². The minimum Gasteiger partial charge on any atom is -0.321 e. The zero-order chi connectivity index (χ0) is 12.5. The number of rotatable bonds is 2. The fourth-order valence-electron chi connectivity index (χ4n) is 3.45. The molecule has 1 nitrogen and oxygen atoms in total. The molecule has 0 bridgehead atoms. The van der Waals surface area contributed by atoms with E-state index in [4.69, 9.17) is 5.73 Å². The van der Waals surface area contributed by atoms with Crippen LogP contribution in [0.3, 0.4) is 0 Å². The SMILES string of the molecule is CCC1CCCCC1(N)c1cccc(C)c1C. The van der Waals surface area contributed by atoms with Crippen LogP contribution < -0.4 is 5.73 Å². The van der Waals surface area contributed by atoms with E-state index in [1.807, 2.05) is 0 Å². The Kier molecular flexibility index (Phi) is 3.58. The number of hydrogen-bond donors (Lipinski definition) is 1. The van der Waals surface area contributed by atoms with E-state index in [1.54, 1.807) is 0 Å². The summed E-state index contributed by atoms with van der Waals surface area (Å²) in [6, 6.07) is 6.59. The van der Waals surface area contributed by atoms with Crippen LogP contribution in [0.25, 0.3) is 0 Å². The van der Waals surface area contributed by atoms with Crippen molar-refractivity contribution in [2.45, 2.75) is 58.4 Å². The molecule has 94 valence electrons. The van der Waals surface area contributed by atoms with E-state index in [1.165, 1.54) is 42.4 Å². The third-order valence-corrected chi connectivity index (χ3v) is 4.72. The van der Waals surface area contributed by atoms with Crippen LogP contribution in [-0.4, -0.2) is 0 Å². The van der Waals surface area contributed by atoms with Crippen LogP contribution in [0.15, 0.2) is 18.2 Å². The summed E-state index contributed by atoms with van der Waals surface area (Å²) in [5.74, 6) is 0.650. The maximum absolute atomic E-state index is 6.80. The monoisotopic (exact) mass is 231 g/mol. The molecule has 1 aromatic carbocycles. The molecule has 17 heavy (non-hydrogen) atoms. The van der Waals surface area contributed by atoms with Gasteiger partial charge in [0.05, 0.1) is 0 Å². The van der Waals surface area contributed by atoms with E-state index in [2.05, 4.69) is 39.0 Å². The van der Waals surface area contributed by atoms with E-state index in [9.17, 15) is 0 Å². The van der Waals surface area contributed by atoms with E-state index in [0.717, 1.165) is 6.42 Å². The average Bonchev–Trinajstić information content (AvgIpc) is 2.33. The molecular formula is C16H25N. The average molecular weight is 231 g/mol. The van der Waals surface area contributed by atoms with Crippen LogP contribution in [0.2, 0.25) is 0 Å². The molecule has 0 saturated heterocycles. The van der Waals surface area contributed by atoms with Gasteiger partial charge in [-0.2, -0.15) is 0 Å². The van der Waals surface area contributed by atoms with Gasteiger partial charge in [-0.05, 0) is 49.3 Å². The van der Waals surface area contributed by atoms with Crippen molar-refractivity contribution in [3.8, 4) is 0 Å². The molecule has 0 aromatic heterocycles. The van der Waals surface area contributed by atoms with Crippen molar-refractivity contribution in [2.75, 3.05) is 0 Å². The molecule has 2 N–H and O–H groups in total. The summed E-state index contributed by atoms with van der Waals surface area (Å²) in [7, 11) is 0. The number of nitrogens with two attached hydrogens (primary N) is 1. The second-order valence-corrected chi connectivity index (χ2v) is 5.64. The summed E-state index contributed by atoms with van der Waals surface area (Å²) in [4.78, 5) is 0. The molecule has 1 saturated carbocycles. The van der Waals surface area contributed by atoms with Crippen molar-refractivity contribution in [2.24, 2.45) is 11.7 Å². The van der Waals surface area contributed by atoms with Gasteiger partial charge in [-0.1, -0.05) is 44.4 Å². The topological polar surface area (TPSA) is 26.0 Å². The predicted molar refractivity (Wildman–Crippen MR) is 74.0 cm³/mol. The molecule has 0 amide bonds. The Labute approximate surface area is 105 Å². The third kappa shape index (κ3) is 2.13. The molecule has 0 aliphatic heterocycles. The van der Waals surface area contributed by atoms with Crippen molar-refractivity contribution < 1.29 is 0 Å². The molecule has 0 spiro atoms. The minimum absolute atomic E-state index is 0.0803. The third-order valence-electron chi connectivity index (χ3n) is 4.72. The normalized spacial score (nSPS) is 29.3. The Balaban J connectivity index is 2.45. The van der Waals surface area contributed by atoms with E-state index in [0.29, 0.717) is 5.92 Å². The van der Waals surface area contributed by atoms with E-state index >= 15 is 0 Å². The van der Waals surface area contributed by atoms with Gasteiger partial charge < -0.3 is 5.73 Å². The van der Waals surface area contributed by atoms with E-state index < -0.39 is 0 Å². The van der Waals surface area contributed by atoms with Crippen molar-refractivity contribution in [1.29, 1.82) is 0 Å². The first kappa shape index (κ1) is 12.6. The Hall–Kier alpha value is -0.820. The lowest BCUT2D eigenvalue weighted by Crippen LogP contribution is -2.46. The van der Waals surface area contributed by atoms with Crippen molar-refractivity contribution in [3.05, 3.63) is 34.9 Å². The summed E-state index contributed by atoms with van der Waals surface area (Å²) in [6.45, 7) is 6.69. The molecule has 0 radical (unpaired) electrons. The summed E-state index contributed by atoms with van der Waals surface area (Å²) in [6.07, 6.45) is 6.27. The van der Waals surface area contributed by atoms with Gasteiger partial charge in [-0.25, -0.2) is 0 Å². The molecule has 1 heteroatoms. The molecule has 2 rings (SSSR count). The second kappa shape index (κ2) is 4.81. The highest BCUT2D eigenvalue weighted by molar-refractivity contribution is 5.38. The molecular weight excluding hydrogens is 206 g/mol. The van der Waals surface area contributed by atoms with Gasteiger partial charge in [-0.15, -0.1) is 0 Å². The zero-order valence-electron chi connectivity index (χ0n) is 11.4. The molecule has 1 fully saturated rings. The van der Waals surface area contributed by atoms with Gasteiger partial charge in [0.2, 0.25) is 0 Å².